The van der Waals surface area contributed by atoms with Gasteiger partial charge in [0, 0.05) is 24.6 Å². The second-order valence-corrected chi connectivity index (χ2v) is 6.69. The normalized spacial score (nSPS) is 21.0. The first-order valence-electron chi connectivity index (χ1n) is 8.78. The van der Waals surface area contributed by atoms with Crippen LogP contribution in [0, 0.1) is 13.8 Å². The smallest absolute Gasteiger partial charge is 0.161 e. The van der Waals surface area contributed by atoms with Crippen molar-refractivity contribution in [2.75, 3.05) is 19.8 Å². The molecule has 1 saturated heterocycles. The Hall–Kier alpha value is -2.01. The van der Waals surface area contributed by atoms with Gasteiger partial charge in [0.1, 0.15) is 5.76 Å². The largest absolute Gasteiger partial charge is 0.490 e. The maximum atomic E-state index is 5.86. The molecule has 5 nitrogen and oxygen atoms in total. The molecular formula is C19H24N2O3. The van der Waals surface area contributed by atoms with Crippen LogP contribution in [0.2, 0.25) is 0 Å². The van der Waals surface area contributed by atoms with Gasteiger partial charge in [0.25, 0.3) is 0 Å². The Morgan fingerprint density at radius 2 is 1.96 bits per heavy atom. The Bertz CT molecular complexity index is 706. The summed E-state index contributed by atoms with van der Waals surface area (Å²) in [5.74, 6) is 2.68. The molecule has 24 heavy (non-hydrogen) atoms. The SMILES string of the molecule is Cc1noc(C)c1CN1CCC[C@H]1c1ccc2c(c1)OCCCO2. The summed E-state index contributed by atoms with van der Waals surface area (Å²) in [6, 6.07) is 6.82. The fourth-order valence-corrected chi connectivity index (χ4v) is 3.71. The first-order valence-corrected chi connectivity index (χ1v) is 8.78. The van der Waals surface area contributed by atoms with Gasteiger partial charge in [-0.1, -0.05) is 11.2 Å². The summed E-state index contributed by atoms with van der Waals surface area (Å²) in [6.07, 6.45) is 3.32. The van der Waals surface area contributed by atoms with Crippen molar-refractivity contribution in [1.29, 1.82) is 0 Å². The minimum absolute atomic E-state index is 0.413. The van der Waals surface area contributed by atoms with E-state index in [1.165, 1.54) is 24.0 Å². The molecule has 0 amide bonds. The van der Waals surface area contributed by atoms with E-state index in [1.54, 1.807) is 0 Å². The summed E-state index contributed by atoms with van der Waals surface area (Å²) in [4.78, 5) is 2.52. The predicted molar refractivity (Wildman–Crippen MR) is 90.4 cm³/mol. The molecule has 4 rings (SSSR count). The monoisotopic (exact) mass is 328 g/mol. The number of nitrogens with zero attached hydrogens (tertiary/aromatic N) is 2. The maximum Gasteiger partial charge on any atom is 0.161 e. The quantitative estimate of drug-likeness (QED) is 0.858. The summed E-state index contributed by atoms with van der Waals surface area (Å²) in [5.41, 5.74) is 3.52. The van der Waals surface area contributed by atoms with Gasteiger partial charge in [0.05, 0.1) is 18.9 Å². The molecule has 2 aliphatic heterocycles. The lowest BCUT2D eigenvalue weighted by Crippen LogP contribution is -2.23. The number of aryl methyl sites for hydroxylation is 2. The number of hydrogen-bond acceptors (Lipinski definition) is 5. The molecular weight excluding hydrogens is 304 g/mol. The van der Waals surface area contributed by atoms with E-state index >= 15 is 0 Å². The van der Waals surface area contributed by atoms with Crippen LogP contribution in [0.3, 0.4) is 0 Å². The zero-order valence-electron chi connectivity index (χ0n) is 14.4. The fraction of sp³-hybridized carbons (Fsp3) is 0.526. The molecule has 1 atom stereocenters. The van der Waals surface area contributed by atoms with Crippen molar-refractivity contribution in [2.45, 2.75) is 45.7 Å². The summed E-state index contributed by atoms with van der Waals surface area (Å²) in [7, 11) is 0. The molecule has 0 spiro atoms. The average Bonchev–Trinajstić information content (AvgIpc) is 3.08. The van der Waals surface area contributed by atoms with Crippen LogP contribution in [0.4, 0.5) is 0 Å². The molecule has 1 aromatic carbocycles. The molecule has 0 radical (unpaired) electrons. The molecule has 1 fully saturated rings. The Labute approximate surface area is 142 Å². The van der Waals surface area contributed by atoms with Crippen molar-refractivity contribution in [1.82, 2.24) is 10.1 Å². The van der Waals surface area contributed by atoms with E-state index in [9.17, 15) is 0 Å². The molecule has 0 aliphatic carbocycles. The standard InChI is InChI=1S/C19H24N2O3/c1-13-16(14(2)24-20-13)12-21-8-3-5-17(21)15-6-7-18-19(11-15)23-10-4-9-22-18/h6-7,11,17H,3-5,8-10,12H2,1-2H3/t17-/m0/s1. The van der Waals surface area contributed by atoms with E-state index in [4.69, 9.17) is 14.0 Å². The first-order chi connectivity index (χ1) is 11.7. The lowest BCUT2D eigenvalue weighted by atomic mass is 10.0. The third-order valence-corrected chi connectivity index (χ3v) is 5.06. The van der Waals surface area contributed by atoms with E-state index in [0.29, 0.717) is 6.04 Å². The zero-order valence-corrected chi connectivity index (χ0v) is 14.4. The number of rotatable bonds is 3. The van der Waals surface area contributed by atoms with Gasteiger partial charge in [0.15, 0.2) is 11.5 Å². The predicted octanol–water partition coefficient (Wildman–Crippen LogP) is 3.79. The number of hydrogen-bond donors (Lipinski definition) is 0. The van der Waals surface area contributed by atoms with Gasteiger partial charge >= 0.3 is 0 Å². The van der Waals surface area contributed by atoms with Gasteiger partial charge in [-0.3, -0.25) is 4.90 Å². The molecule has 2 aliphatic rings. The van der Waals surface area contributed by atoms with Crippen LogP contribution in [0.25, 0.3) is 0 Å². The summed E-state index contributed by atoms with van der Waals surface area (Å²) in [5, 5.41) is 4.09. The fourth-order valence-electron chi connectivity index (χ4n) is 3.71. The lowest BCUT2D eigenvalue weighted by molar-refractivity contribution is 0.245. The third kappa shape index (κ3) is 2.88. The molecule has 1 aromatic heterocycles. The van der Waals surface area contributed by atoms with Crippen molar-refractivity contribution < 1.29 is 14.0 Å². The van der Waals surface area contributed by atoms with E-state index in [1.807, 2.05) is 13.8 Å². The Morgan fingerprint density at radius 1 is 1.12 bits per heavy atom. The van der Waals surface area contributed by atoms with Crippen molar-refractivity contribution in [2.24, 2.45) is 0 Å². The van der Waals surface area contributed by atoms with Gasteiger partial charge in [-0.15, -0.1) is 0 Å². The molecule has 0 bridgehead atoms. The van der Waals surface area contributed by atoms with Crippen LogP contribution in [-0.4, -0.2) is 29.8 Å². The van der Waals surface area contributed by atoms with E-state index in [0.717, 1.165) is 55.7 Å². The average molecular weight is 328 g/mol. The van der Waals surface area contributed by atoms with Gasteiger partial charge < -0.3 is 14.0 Å². The maximum absolute atomic E-state index is 5.86. The Morgan fingerprint density at radius 3 is 2.75 bits per heavy atom. The van der Waals surface area contributed by atoms with Crippen LogP contribution >= 0.6 is 0 Å². The molecule has 5 heteroatoms. The summed E-state index contributed by atoms with van der Waals surface area (Å²) < 4.78 is 16.9. The molecule has 128 valence electrons. The van der Waals surface area contributed by atoms with Gasteiger partial charge in [-0.05, 0) is 50.9 Å². The second-order valence-electron chi connectivity index (χ2n) is 6.69. The number of aromatic nitrogens is 1. The van der Waals surface area contributed by atoms with Crippen LogP contribution in [0.15, 0.2) is 22.7 Å². The minimum atomic E-state index is 0.413. The number of fused-ring (bicyclic) bond motifs is 1. The number of benzene rings is 1. The second kappa shape index (κ2) is 6.48. The van der Waals surface area contributed by atoms with Crippen molar-refractivity contribution in [3.05, 3.63) is 40.8 Å². The van der Waals surface area contributed by atoms with Crippen molar-refractivity contribution >= 4 is 0 Å². The van der Waals surface area contributed by atoms with Gasteiger partial charge in [0.2, 0.25) is 0 Å². The van der Waals surface area contributed by atoms with Crippen LogP contribution in [0.1, 0.15) is 47.9 Å². The van der Waals surface area contributed by atoms with E-state index in [2.05, 4.69) is 28.3 Å². The Kier molecular flexibility index (Phi) is 4.19. The highest BCUT2D eigenvalue weighted by molar-refractivity contribution is 5.44. The van der Waals surface area contributed by atoms with Crippen LogP contribution in [0.5, 0.6) is 11.5 Å². The highest BCUT2D eigenvalue weighted by atomic mass is 16.5. The number of ether oxygens (including phenoxy) is 2. The molecule has 0 unspecified atom stereocenters. The zero-order chi connectivity index (χ0) is 16.5. The van der Waals surface area contributed by atoms with E-state index in [-0.39, 0.29) is 0 Å². The van der Waals surface area contributed by atoms with Crippen molar-refractivity contribution in [3.63, 3.8) is 0 Å². The van der Waals surface area contributed by atoms with Gasteiger partial charge in [-0.25, -0.2) is 0 Å². The minimum Gasteiger partial charge on any atom is -0.490 e. The summed E-state index contributed by atoms with van der Waals surface area (Å²) >= 11 is 0. The van der Waals surface area contributed by atoms with E-state index < -0.39 is 0 Å². The topological polar surface area (TPSA) is 47.7 Å². The number of likely N-dealkylation sites (tertiary alicyclic amines) is 1. The summed E-state index contributed by atoms with van der Waals surface area (Å²) in [6.45, 7) is 7.46. The highest BCUT2D eigenvalue weighted by Crippen LogP contribution is 2.38. The van der Waals surface area contributed by atoms with Crippen molar-refractivity contribution in [3.8, 4) is 11.5 Å². The Balaban J connectivity index is 1.57. The third-order valence-electron chi connectivity index (χ3n) is 5.06. The molecule has 0 N–H and O–H groups in total. The lowest BCUT2D eigenvalue weighted by Gasteiger charge is -2.25. The molecule has 0 saturated carbocycles. The molecule has 3 heterocycles. The highest BCUT2D eigenvalue weighted by Gasteiger charge is 2.28. The van der Waals surface area contributed by atoms with Crippen LogP contribution in [-0.2, 0) is 6.54 Å². The van der Waals surface area contributed by atoms with Gasteiger partial charge in [-0.2, -0.15) is 0 Å². The first kappa shape index (κ1) is 15.5. The van der Waals surface area contributed by atoms with Crippen LogP contribution < -0.4 is 9.47 Å². The molecule has 2 aromatic rings.